The summed E-state index contributed by atoms with van der Waals surface area (Å²) in [6, 6.07) is 15.0. The zero-order valence-electron chi connectivity index (χ0n) is 15.3. The second-order valence-electron chi connectivity index (χ2n) is 8.20. The van der Waals surface area contributed by atoms with Crippen LogP contribution in [0.5, 0.6) is 0 Å². The first-order chi connectivity index (χ1) is 12.2. The fraction of sp³-hybridized carbons (Fsp3) is 0.522. The van der Waals surface area contributed by atoms with Crippen LogP contribution in [0, 0.1) is 11.3 Å². The van der Waals surface area contributed by atoms with E-state index in [0.717, 1.165) is 6.42 Å². The Kier molecular flexibility index (Phi) is 4.54. The molecule has 1 amide bonds. The molecule has 0 saturated heterocycles. The van der Waals surface area contributed by atoms with Gasteiger partial charge < -0.3 is 5.32 Å². The van der Waals surface area contributed by atoms with E-state index in [-0.39, 0.29) is 12.0 Å². The van der Waals surface area contributed by atoms with Gasteiger partial charge in [0.1, 0.15) is 0 Å². The molecule has 2 aromatic carbocycles. The highest BCUT2D eigenvalue weighted by Gasteiger charge is 2.46. The Morgan fingerprint density at radius 1 is 1.00 bits per heavy atom. The average Bonchev–Trinajstić information content (AvgIpc) is 3.04. The lowest BCUT2D eigenvalue weighted by molar-refractivity contribution is -0.129. The molecule has 2 heteroatoms. The summed E-state index contributed by atoms with van der Waals surface area (Å²) < 4.78 is 0. The third-order valence-corrected chi connectivity index (χ3v) is 6.70. The average molecular weight is 335 g/mol. The number of amides is 1. The number of benzene rings is 2. The van der Waals surface area contributed by atoms with Gasteiger partial charge in [-0.05, 0) is 60.4 Å². The van der Waals surface area contributed by atoms with E-state index in [9.17, 15) is 4.79 Å². The molecule has 2 aliphatic rings. The molecule has 0 heterocycles. The first kappa shape index (κ1) is 16.6. The van der Waals surface area contributed by atoms with E-state index in [1.807, 2.05) is 0 Å². The topological polar surface area (TPSA) is 29.1 Å². The Morgan fingerprint density at radius 3 is 2.52 bits per heavy atom. The van der Waals surface area contributed by atoms with Crippen molar-refractivity contribution in [3.8, 4) is 0 Å². The summed E-state index contributed by atoms with van der Waals surface area (Å²) in [7, 11) is 0. The minimum absolute atomic E-state index is 0.0679. The summed E-state index contributed by atoms with van der Waals surface area (Å²) in [6.45, 7) is 2.12. The van der Waals surface area contributed by atoms with E-state index in [1.54, 1.807) is 0 Å². The quantitative estimate of drug-likeness (QED) is 0.758. The Labute approximate surface area is 151 Å². The van der Waals surface area contributed by atoms with Crippen molar-refractivity contribution in [3.63, 3.8) is 0 Å². The summed E-state index contributed by atoms with van der Waals surface area (Å²) in [5.41, 5.74) is 1.51. The Bertz CT molecular complexity index is 760. The lowest BCUT2D eigenvalue weighted by Crippen LogP contribution is -2.41. The van der Waals surface area contributed by atoms with Crippen molar-refractivity contribution in [1.82, 2.24) is 5.32 Å². The Hall–Kier alpha value is -1.83. The van der Waals surface area contributed by atoms with Gasteiger partial charge in [0.2, 0.25) is 5.91 Å². The maximum Gasteiger partial charge on any atom is 0.224 e. The molecule has 2 fully saturated rings. The van der Waals surface area contributed by atoms with E-state index < -0.39 is 0 Å². The van der Waals surface area contributed by atoms with E-state index >= 15 is 0 Å². The van der Waals surface area contributed by atoms with Crippen LogP contribution < -0.4 is 5.32 Å². The molecular weight excluding hydrogens is 306 g/mol. The van der Waals surface area contributed by atoms with E-state index in [1.165, 1.54) is 61.3 Å². The maximum atomic E-state index is 13.1. The molecule has 132 valence electrons. The molecule has 1 spiro atoms. The minimum atomic E-state index is 0.0679. The van der Waals surface area contributed by atoms with Crippen LogP contribution in [0.3, 0.4) is 0 Å². The molecule has 2 atom stereocenters. The summed E-state index contributed by atoms with van der Waals surface area (Å²) in [5, 5.41) is 5.83. The highest BCUT2D eigenvalue weighted by atomic mass is 16.2. The van der Waals surface area contributed by atoms with Crippen molar-refractivity contribution in [2.75, 3.05) is 0 Å². The van der Waals surface area contributed by atoms with Crippen molar-refractivity contribution in [2.24, 2.45) is 11.3 Å². The van der Waals surface area contributed by atoms with Gasteiger partial charge >= 0.3 is 0 Å². The molecule has 2 aromatic rings. The maximum absolute atomic E-state index is 13.1. The zero-order valence-corrected chi connectivity index (χ0v) is 15.3. The van der Waals surface area contributed by atoms with Crippen LogP contribution in [0.15, 0.2) is 42.5 Å². The summed E-state index contributed by atoms with van der Waals surface area (Å²) in [5.74, 6) is 0.524. The zero-order chi connectivity index (χ0) is 17.3. The molecule has 2 saturated carbocycles. The molecule has 25 heavy (non-hydrogen) atoms. The molecule has 1 N–H and O–H groups in total. The Balaban J connectivity index is 1.49. The smallest absolute Gasteiger partial charge is 0.224 e. The minimum Gasteiger partial charge on any atom is -0.349 e. The molecule has 0 aromatic heterocycles. The molecule has 0 bridgehead atoms. The van der Waals surface area contributed by atoms with Crippen molar-refractivity contribution in [2.45, 2.75) is 64.3 Å². The van der Waals surface area contributed by atoms with Gasteiger partial charge in [0, 0.05) is 5.92 Å². The van der Waals surface area contributed by atoms with Gasteiger partial charge in [-0.1, -0.05) is 62.1 Å². The summed E-state index contributed by atoms with van der Waals surface area (Å²) >= 11 is 0. The van der Waals surface area contributed by atoms with Gasteiger partial charge in [0.15, 0.2) is 0 Å². The standard InChI is InChI=1S/C23H29NO/c1-17(19-12-11-18-8-3-4-9-20(18)16-19)24-22(25)21-10-7-15-23(21)13-5-2-6-14-23/h3-4,8-9,11-12,16-17,21H,2,5-7,10,13-15H2,1H3,(H,24,25)/t17-,21-/m1/s1. The van der Waals surface area contributed by atoms with Crippen LogP contribution in [-0.4, -0.2) is 5.91 Å². The molecule has 2 aliphatic carbocycles. The number of carbonyl (C=O) groups is 1. The second-order valence-corrected chi connectivity index (χ2v) is 8.20. The van der Waals surface area contributed by atoms with Crippen molar-refractivity contribution in [1.29, 1.82) is 0 Å². The van der Waals surface area contributed by atoms with Gasteiger partial charge in [-0.25, -0.2) is 0 Å². The van der Waals surface area contributed by atoms with Gasteiger partial charge in [0.25, 0.3) is 0 Å². The number of rotatable bonds is 3. The first-order valence-corrected chi connectivity index (χ1v) is 9.97. The van der Waals surface area contributed by atoms with Crippen molar-refractivity contribution >= 4 is 16.7 Å². The largest absolute Gasteiger partial charge is 0.349 e. The van der Waals surface area contributed by atoms with Crippen LogP contribution in [-0.2, 0) is 4.79 Å². The van der Waals surface area contributed by atoms with Crippen LogP contribution in [0.2, 0.25) is 0 Å². The number of fused-ring (bicyclic) bond motifs is 1. The van der Waals surface area contributed by atoms with E-state index in [2.05, 4.69) is 54.7 Å². The van der Waals surface area contributed by atoms with Gasteiger partial charge in [-0.15, -0.1) is 0 Å². The van der Waals surface area contributed by atoms with Gasteiger partial charge in [0.05, 0.1) is 6.04 Å². The Morgan fingerprint density at radius 2 is 1.72 bits per heavy atom. The molecule has 4 rings (SSSR count). The fourth-order valence-electron chi connectivity index (χ4n) is 5.28. The molecule has 2 nitrogen and oxygen atoms in total. The van der Waals surface area contributed by atoms with E-state index in [0.29, 0.717) is 11.3 Å². The molecular formula is C23H29NO. The normalized spacial score (nSPS) is 23.6. The van der Waals surface area contributed by atoms with Crippen LogP contribution >= 0.6 is 0 Å². The number of carbonyl (C=O) groups excluding carboxylic acids is 1. The summed E-state index contributed by atoms with van der Waals surface area (Å²) in [4.78, 5) is 13.1. The van der Waals surface area contributed by atoms with Gasteiger partial charge in [-0.2, -0.15) is 0 Å². The van der Waals surface area contributed by atoms with Gasteiger partial charge in [-0.3, -0.25) is 4.79 Å². The third kappa shape index (κ3) is 3.19. The molecule has 0 aliphatic heterocycles. The van der Waals surface area contributed by atoms with Crippen molar-refractivity contribution < 1.29 is 4.79 Å². The van der Waals surface area contributed by atoms with Crippen molar-refractivity contribution in [3.05, 3.63) is 48.0 Å². The van der Waals surface area contributed by atoms with Crippen LogP contribution in [0.25, 0.3) is 10.8 Å². The SMILES string of the molecule is C[C@@H](NC(=O)[C@H]1CCCC12CCCCC2)c1ccc2ccccc2c1. The second kappa shape index (κ2) is 6.82. The molecule has 0 radical (unpaired) electrons. The van der Waals surface area contributed by atoms with Crippen LogP contribution in [0.1, 0.15) is 69.9 Å². The lowest BCUT2D eigenvalue weighted by atomic mass is 9.67. The number of hydrogen-bond acceptors (Lipinski definition) is 1. The number of nitrogens with one attached hydrogen (secondary N) is 1. The first-order valence-electron chi connectivity index (χ1n) is 9.97. The predicted molar refractivity (Wildman–Crippen MR) is 103 cm³/mol. The predicted octanol–water partition coefficient (Wildman–Crippen LogP) is 5.77. The highest BCUT2D eigenvalue weighted by Crippen LogP contribution is 2.53. The fourth-order valence-corrected chi connectivity index (χ4v) is 5.28. The number of hydrogen-bond donors (Lipinski definition) is 1. The lowest BCUT2D eigenvalue weighted by Gasteiger charge is -2.38. The molecule has 0 unspecified atom stereocenters. The highest BCUT2D eigenvalue weighted by molar-refractivity contribution is 5.84. The van der Waals surface area contributed by atoms with Crippen LogP contribution in [0.4, 0.5) is 0 Å². The monoisotopic (exact) mass is 335 g/mol. The van der Waals surface area contributed by atoms with E-state index in [4.69, 9.17) is 0 Å². The summed E-state index contributed by atoms with van der Waals surface area (Å²) in [6.07, 6.45) is 10.1. The third-order valence-electron chi connectivity index (χ3n) is 6.70.